The van der Waals surface area contributed by atoms with Crippen LogP contribution in [0.4, 0.5) is 5.69 Å². The standard InChI is InChI=1S/C12H20N2O3S/c1-14(7-4-8-17-2)18(15,16)10-11-5-3-6-12(13)9-11/h3,5-6,9H,4,7-8,10,13H2,1-2H3. The molecule has 0 amide bonds. The van der Waals surface area contributed by atoms with Gasteiger partial charge in [-0.25, -0.2) is 12.7 Å². The molecule has 1 rings (SSSR count). The highest BCUT2D eigenvalue weighted by Crippen LogP contribution is 2.12. The lowest BCUT2D eigenvalue weighted by molar-refractivity contribution is 0.189. The predicted molar refractivity (Wildman–Crippen MR) is 72.6 cm³/mol. The highest BCUT2D eigenvalue weighted by atomic mass is 32.2. The van der Waals surface area contributed by atoms with Gasteiger partial charge in [0.25, 0.3) is 0 Å². The first-order valence-electron chi connectivity index (χ1n) is 5.73. The van der Waals surface area contributed by atoms with E-state index in [4.69, 9.17) is 10.5 Å². The molecule has 0 aliphatic heterocycles. The molecule has 0 aliphatic carbocycles. The number of nitrogen functional groups attached to an aromatic ring is 1. The van der Waals surface area contributed by atoms with Crippen molar-refractivity contribution in [2.75, 3.05) is 33.0 Å². The largest absolute Gasteiger partial charge is 0.399 e. The molecule has 2 N–H and O–H groups in total. The third kappa shape index (κ3) is 4.64. The molecule has 0 unspecified atom stereocenters. The van der Waals surface area contributed by atoms with E-state index in [1.165, 1.54) is 4.31 Å². The first kappa shape index (κ1) is 14.9. The molecule has 0 heterocycles. The van der Waals surface area contributed by atoms with Crippen LogP contribution in [-0.2, 0) is 20.5 Å². The molecule has 0 radical (unpaired) electrons. The zero-order valence-corrected chi connectivity index (χ0v) is 11.6. The second-order valence-corrected chi connectivity index (χ2v) is 6.24. The fourth-order valence-electron chi connectivity index (χ4n) is 1.57. The molecule has 0 fully saturated rings. The van der Waals surface area contributed by atoms with E-state index in [1.807, 2.05) is 0 Å². The van der Waals surface area contributed by atoms with Gasteiger partial charge in [0.15, 0.2) is 0 Å². The number of ether oxygens (including phenoxy) is 1. The monoisotopic (exact) mass is 272 g/mol. The van der Waals surface area contributed by atoms with E-state index in [0.29, 0.717) is 30.8 Å². The van der Waals surface area contributed by atoms with Crippen molar-refractivity contribution in [2.45, 2.75) is 12.2 Å². The number of hydrogen-bond acceptors (Lipinski definition) is 4. The summed E-state index contributed by atoms with van der Waals surface area (Å²) in [7, 11) is -0.109. The lowest BCUT2D eigenvalue weighted by atomic mass is 10.2. The zero-order chi connectivity index (χ0) is 13.6. The highest BCUT2D eigenvalue weighted by molar-refractivity contribution is 7.88. The topological polar surface area (TPSA) is 72.6 Å². The van der Waals surface area contributed by atoms with Crippen LogP contribution >= 0.6 is 0 Å². The van der Waals surface area contributed by atoms with Gasteiger partial charge in [-0.3, -0.25) is 0 Å². The molecule has 0 aromatic heterocycles. The Balaban J connectivity index is 2.64. The predicted octanol–water partition coefficient (Wildman–Crippen LogP) is 1.07. The summed E-state index contributed by atoms with van der Waals surface area (Å²) in [6.45, 7) is 1.01. The fourth-order valence-corrected chi connectivity index (χ4v) is 2.80. The van der Waals surface area contributed by atoms with Crippen molar-refractivity contribution < 1.29 is 13.2 Å². The van der Waals surface area contributed by atoms with Gasteiger partial charge < -0.3 is 10.5 Å². The molecule has 1 aromatic carbocycles. The second-order valence-electron chi connectivity index (χ2n) is 4.17. The summed E-state index contributed by atoms with van der Waals surface area (Å²) in [5, 5.41) is 0. The number of sulfonamides is 1. The maximum Gasteiger partial charge on any atom is 0.218 e. The molecule has 102 valence electrons. The molecule has 0 atom stereocenters. The summed E-state index contributed by atoms with van der Waals surface area (Å²) in [5.74, 6) is -0.0263. The van der Waals surface area contributed by atoms with E-state index < -0.39 is 10.0 Å². The summed E-state index contributed by atoms with van der Waals surface area (Å²) in [4.78, 5) is 0. The van der Waals surface area contributed by atoms with Crippen molar-refractivity contribution in [3.05, 3.63) is 29.8 Å². The van der Waals surface area contributed by atoms with Crippen LogP contribution in [0.3, 0.4) is 0 Å². The summed E-state index contributed by atoms with van der Waals surface area (Å²) < 4.78 is 30.4. The van der Waals surface area contributed by atoms with Crippen molar-refractivity contribution in [2.24, 2.45) is 0 Å². The van der Waals surface area contributed by atoms with Gasteiger partial charge in [0.1, 0.15) is 0 Å². The molecule has 18 heavy (non-hydrogen) atoms. The lowest BCUT2D eigenvalue weighted by Crippen LogP contribution is -2.29. The Bertz CT molecular complexity index is 474. The van der Waals surface area contributed by atoms with E-state index in [2.05, 4.69) is 0 Å². The Kier molecular flexibility index (Phi) is 5.58. The molecular weight excluding hydrogens is 252 g/mol. The molecule has 0 bridgehead atoms. The second kappa shape index (κ2) is 6.72. The molecule has 0 spiro atoms. The minimum atomic E-state index is -3.29. The van der Waals surface area contributed by atoms with Gasteiger partial charge in [0, 0.05) is 33.0 Å². The van der Waals surface area contributed by atoms with Gasteiger partial charge in [-0.2, -0.15) is 0 Å². The van der Waals surface area contributed by atoms with Crippen LogP contribution in [0.1, 0.15) is 12.0 Å². The molecule has 0 aliphatic rings. The number of hydrogen-bond donors (Lipinski definition) is 1. The Morgan fingerprint density at radius 3 is 2.72 bits per heavy atom. The Hall–Kier alpha value is -1.11. The van der Waals surface area contributed by atoms with Crippen molar-refractivity contribution in [3.63, 3.8) is 0 Å². The average molecular weight is 272 g/mol. The van der Waals surface area contributed by atoms with Crippen LogP contribution in [0.25, 0.3) is 0 Å². The van der Waals surface area contributed by atoms with Crippen LogP contribution in [0.15, 0.2) is 24.3 Å². The minimum absolute atomic E-state index is 0.0263. The fraction of sp³-hybridized carbons (Fsp3) is 0.500. The Morgan fingerprint density at radius 1 is 1.39 bits per heavy atom. The Labute approximate surface area is 109 Å². The third-order valence-corrected chi connectivity index (χ3v) is 4.43. The van der Waals surface area contributed by atoms with Crippen LogP contribution in [0.5, 0.6) is 0 Å². The number of anilines is 1. The number of rotatable bonds is 7. The zero-order valence-electron chi connectivity index (χ0n) is 10.8. The van der Waals surface area contributed by atoms with Gasteiger partial charge in [0.05, 0.1) is 5.75 Å². The van der Waals surface area contributed by atoms with Gasteiger partial charge in [-0.1, -0.05) is 12.1 Å². The quantitative estimate of drug-likeness (QED) is 0.595. The summed E-state index contributed by atoms with van der Waals surface area (Å²) in [5.41, 5.74) is 6.90. The molecule has 1 aromatic rings. The third-order valence-electron chi connectivity index (χ3n) is 2.60. The van der Waals surface area contributed by atoms with E-state index >= 15 is 0 Å². The van der Waals surface area contributed by atoms with Gasteiger partial charge in [-0.05, 0) is 24.1 Å². The van der Waals surface area contributed by atoms with Crippen LogP contribution < -0.4 is 5.73 Å². The first-order valence-corrected chi connectivity index (χ1v) is 7.34. The molecular formula is C12H20N2O3S. The minimum Gasteiger partial charge on any atom is -0.399 e. The lowest BCUT2D eigenvalue weighted by Gasteiger charge is -2.17. The Morgan fingerprint density at radius 2 is 2.11 bits per heavy atom. The van der Waals surface area contributed by atoms with Crippen LogP contribution in [0.2, 0.25) is 0 Å². The number of nitrogens with zero attached hydrogens (tertiary/aromatic N) is 1. The van der Waals surface area contributed by atoms with Gasteiger partial charge in [-0.15, -0.1) is 0 Å². The molecule has 5 nitrogen and oxygen atoms in total. The van der Waals surface area contributed by atoms with Gasteiger partial charge >= 0.3 is 0 Å². The maximum absolute atomic E-state index is 12.0. The SMILES string of the molecule is COCCCN(C)S(=O)(=O)Cc1cccc(N)c1. The number of benzene rings is 1. The number of methoxy groups -OCH3 is 1. The van der Waals surface area contributed by atoms with E-state index in [0.717, 1.165) is 0 Å². The molecule has 0 saturated carbocycles. The summed E-state index contributed by atoms with van der Waals surface area (Å²) in [6.07, 6.45) is 0.684. The number of nitrogens with two attached hydrogens (primary N) is 1. The van der Waals surface area contributed by atoms with Crippen molar-refractivity contribution in [1.82, 2.24) is 4.31 Å². The van der Waals surface area contributed by atoms with Crippen molar-refractivity contribution in [1.29, 1.82) is 0 Å². The normalized spacial score (nSPS) is 11.9. The van der Waals surface area contributed by atoms with Crippen molar-refractivity contribution >= 4 is 15.7 Å². The smallest absolute Gasteiger partial charge is 0.218 e. The average Bonchev–Trinajstić information content (AvgIpc) is 2.28. The molecule has 6 heteroatoms. The van der Waals surface area contributed by atoms with Crippen LogP contribution in [-0.4, -0.2) is 40.0 Å². The maximum atomic E-state index is 12.0. The highest BCUT2D eigenvalue weighted by Gasteiger charge is 2.17. The van der Waals surface area contributed by atoms with E-state index in [9.17, 15) is 8.42 Å². The summed E-state index contributed by atoms with van der Waals surface area (Å²) >= 11 is 0. The first-order chi connectivity index (χ1) is 8.45. The van der Waals surface area contributed by atoms with Gasteiger partial charge in [0.2, 0.25) is 10.0 Å². The van der Waals surface area contributed by atoms with E-state index in [1.54, 1.807) is 38.4 Å². The summed E-state index contributed by atoms with van der Waals surface area (Å²) in [6, 6.07) is 6.93. The van der Waals surface area contributed by atoms with E-state index in [-0.39, 0.29) is 5.75 Å². The van der Waals surface area contributed by atoms with Crippen molar-refractivity contribution in [3.8, 4) is 0 Å². The van der Waals surface area contributed by atoms with Crippen LogP contribution in [0, 0.1) is 0 Å². The molecule has 0 saturated heterocycles.